The minimum Gasteiger partial charge on any atom is -0.414 e. The quantitative estimate of drug-likeness (QED) is 0.121. The van der Waals surface area contributed by atoms with Gasteiger partial charge in [-0.1, -0.05) is 39.0 Å². The van der Waals surface area contributed by atoms with Crippen molar-refractivity contribution in [3.63, 3.8) is 0 Å². The third-order valence-electron chi connectivity index (χ3n) is 15.1. The Hall–Kier alpha value is -2.37. The molecule has 0 amide bonds. The Morgan fingerprint density at radius 1 is 0.981 bits per heavy atom. The van der Waals surface area contributed by atoms with E-state index in [0.717, 1.165) is 60.6 Å². The largest absolute Gasteiger partial charge is 0.414 e. The van der Waals surface area contributed by atoms with Gasteiger partial charge in [0.25, 0.3) is 0 Å². The Morgan fingerprint density at radius 3 is 2.26 bits per heavy atom. The molecule has 2 aromatic rings. The summed E-state index contributed by atoms with van der Waals surface area (Å²) in [6.07, 6.45) is 12.2. The number of hydrogen-bond donors (Lipinski definition) is 0. The maximum Gasteiger partial charge on any atom is 0.192 e. The summed E-state index contributed by atoms with van der Waals surface area (Å²) in [4.78, 5) is 27.3. The molecule has 0 bridgehead atoms. The Kier molecular flexibility index (Phi) is 8.28. The summed E-state index contributed by atoms with van der Waals surface area (Å²) in [6, 6.07) is 2.02. The fraction of sp³-hybridized carbons (Fsp3) is 0.652. The first-order valence-corrected chi connectivity index (χ1v) is 27.5. The summed E-state index contributed by atoms with van der Waals surface area (Å²) < 4.78 is 23.5. The number of ether oxygens (including phenoxy) is 1. The zero-order chi connectivity index (χ0) is 39.5. The fourth-order valence-electron chi connectivity index (χ4n) is 13.4. The van der Waals surface area contributed by atoms with Crippen LogP contribution in [-0.4, -0.2) is 50.6 Å². The number of carbonyl (C=O) groups excluding carboxylic acids is 2. The second kappa shape index (κ2) is 11.6. The summed E-state index contributed by atoms with van der Waals surface area (Å²) in [7, 11) is -3.95. The van der Waals surface area contributed by atoms with Crippen molar-refractivity contribution >= 4 is 45.2 Å². The van der Waals surface area contributed by atoms with Gasteiger partial charge in [-0.25, -0.2) is 0 Å². The molecule has 3 heterocycles. The number of nitrogens with zero attached hydrogens (tertiary/aromatic N) is 1. The minimum absolute atomic E-state index is 0.0152. The van der Waals surface area contributed by atoms with Gasteiger partial charge in [-0.2, -0.15) is 0 Å². The Labute approximate surface area is 326 Å². The van der Waals surface area contributed by atoms with Gasteiger partial charge in [0.05, 0.1) is 34.5 Å². The van der Waals surface area contributed by atoms with Gasteiger partial charge in [0.15, 0.2) is 22.4 Å². The van der Waals surface area contributed by atoms with Crippen LogP contribution in [0.1, 0.15) is 126 Å². The number of ketones is 1. The molecule has 8 heteroatoms. The molecular formula is C46H65NO5Si2. The summed E-state index contributed by atoms with van der Waals surface area (Å²) in [5, 5.41) is 1.25. The van der Waals surface area contributed by atoms with Crippen LogP contribution in [0.4, 0.5) is 0 Å². The molecule has 1 aromatic carbocycles. The molecule has 6 aliphatic rings. The van der Waals surface area contributed by atoms with E-state index in [4.69, 9.17) is 13.6 Å². The van der Waals surface area contributed by atoms with Crippen molar-refractivity contribution in [2.75, 3.05) is 0 Å². The van der Waals surface area contributed by atoms with Crippen molar-refractivity contribution in [3.05, 3.63) is 64.4 Å². The molecule has 2 unspecified atom stereocenters. The molecule has 0 N–H and O–H groups in total. The molecule has 0 saturated heterocycles. The van der Waals surface area contributed by atoms with Gasteiger partial charge >= 0.3 is 0 Å². The number of carbonyl (C=O) groups is 2. The van der Waals surface area contributed by atoms with Gasteiger partial charge in [0, 0.05) is 33.4 Å². The number of hydrogen-bond acceptors (Lipinski definition) is 5. The lowest BCUT2D eigenvalue weighted by atomic mass is 9.40. The van der Waals surface area contributed by atoms with Crippen LogP contribution in [0.5, 0.6) is 0 Å². The SMILES string of the molecule is C=C(C)[C@H]1C(=O)c2c3c(cc4c5c(n1c24)[C@@]1(C)C(CC[C@H]2[C@](C)(/C=C/C=O)[C@@H](O[Si](C)(C)C)CC[C@@]21C)C5)C1=CC(C)(C)OC(C)(C)C1[C@@H]3O[Si](C)(C)C. The van der Waals surface area contributed by atoms with Gasteiger partial charge in [0.1, 0.15) is 12.3 Å². The average Bonchev–Trinajstić information content (AvgIpc) is 3.69. The molecule has 9 atom stereocenters. The van der Waals surface area contributed by atoms with Gasteiger partial charge in [-0.05, 0) is 158 Å². The number of aromatic nitrogens is 1. The van der Waals surface area contributed by atoms with Crippen LogP contribution in [-0.2, 0) is 30.2 Å². The lowest BCUT2D eigenvalue weighted by Crippen LogP contribution is -2.63. The van der Waals surface area contributed by atoms with Crippen LogP contribution in [0.25, 0.3) is 16.5 Å². The van der Waals surface area contributed by atoms with E-state index in [-0.39, 0.29) is 40.2 Å². The maximum absolute atomic E-state index is 15.3. The van der Waals surface area contributed by atoms with Crippen LogP contribution in [0.3, 0.4) is 0 Å². The van der Waals surface area contributed by atoms with Crippen LogP contribution < -0.4 is 0 Å². The standard InChI is InChI=1S/C46H65NO5Si2/c1-26(2)37-39(49)35-34-28(31-25-42(3,4)52-43(5,6)36(31)40(34)51-54(13,14)15)24-29-30-23-27-17-18-32-44(7,20-16-22-48)33(50-53(10,11)12)19-21-45(32,8)46(27,9)41(30)47(37)38(29)35/h16,20,22,24-25,27,32-33,36-37,40H,1,17-19,21,23H2,2-15H3/b20-16+/t27?,32-,33-,36?,37-,40+,44-,45-,46+/m0/s1. The number of allylic oxidation sites excluding steroid dienone is 2. The lowest BCUT2D eigenvalue weighted by molar-refractivity contribution is -0.140. The van der Waals surface area contributed by atoms with E-state index < -0.39 is 33.9 Å². The van der Waals surface area contributed by atoms with E-state index in [1.54, 1.807) is 6.08 Å². The Morgan fingerprint density at radius 2 is 1.65 bits per heavy atom. The number of fused-ring (bicyclic) bond motifs is 11. The van der Waals surface area contributed by atoms with E-state index in [1.807, 2.05) is 6.92 Å². The molecule has 54 heavy (non-hydrogen) atoms. The third-order valence-corrected chi connectivity index (χ3v) is 17.0. The highest BCUT2D eigenvalue weighted by atomic mass is 28.4. The Bertz CT molecular complexity index is 2070. The highest BCUT2D eigenvalue weighted by Crippen LogP contribution is 2.72. The molecule has 292 valence electrons. The van der Waals surface area contributed by atoms with Crippen molar-refractivity contribution in [2.45, 2.75) is 162 Å². The normalized spacial score (nSPS) is 37.5. The van der Waals surface area contributed by atoms with Crippen molar-refractivity contribution < 1.29 is 23.2 Å². The fourth-order valence-corrected chi connectivity index (χ4v) is 15.7. The molecule has 0 radical (unpaired) electrons. The van der Waals surface area contributed by atoms with Gasteiger partial charge in [0.2, 0.25) is 0 Å². The molecular weight excluding hydrogens is 703 g/mol. The van der Waals surface area contributed by atoms with E-state index in [2.05, 4.69) is 117 Å². The lowest BCUT2D eigenvalue weighted by Gasteiger charge is -2.65. The zero-order valence-corrected chi connectivity index (χ0v) is 37.6. The van der Waals surface area contributed by atoms with Gasteiger partial charge < -0.3 is 18.2 Å². The molecule has 6 nitrogen and oxygen atoms in total. The van der Waals surface area contributed by atoms with Crippen molar-refractivity contribution in [3.8, 4) is 0 Å². The van der Waals surface area contributed by atoms with E-state index >= 15 is 4.79 Å². The molecule has 2 saturated carbocycles. The van der Waals surface area contributed by atoms with Gasteiger partial charge in [-0.15, -0.1) is 0 Å². The number of aldehydes is 1. The van der Waals surface area contributed by atoms with Gasteiger partial charge in [-0.3, -0.25) is 9.59 Å². The number of rotatable bonds is 7. The van der Waals surface area contributed by atoms with E-state index in [0.29, 0.717) is 11.8 Å². The highest BCUT2D eigenvalue weighted by Gasteiger charge is 2.68. The van der Waals surface area contributed by atoms with Crippen molar-refractivity contribution in [1.82, 2.24) is 4.57 Å². The minimum atomic E-state index is -2.08. The summed E-state index contributed by atoms with van der Waals surface area (Å²) in [5.74, 6) is 0.920. The molecule has 8 rings (SSSR count). The first-order chi connectivity index (χ1) is 24.8. The Balaban J connectivity index is 1.40. The topological polar surface area (TPSA) is 66.8 Å². The second-order valence-electron chi connectivity index (χ2n) is 21.7. The summed E-state index contributed by atoms with van der Waals surface area (Å²) in [6.45, 7) is 36.4. The van der Waals surface area contributed by atoms with Crippen LogP contribution in [0, 0.1) is 28.6 Å². The molecule has 1 aromatic heterocycles. The van der Waals surface area contributed by atoms with Crippen LogP contribution in [0.15, 0.2) is 36.4 Å². The van der Waals surface area contributed by atoms with Crippen molar-refractivity contribution in [2.24, 2.45) is 28.6 Å². The predicted octanol–water partition coefficient (Wildman–Crippen LogP) is 11.1. The second-order valence-corrected chi connectivity index (χ2v) is 30.6. The van der Waals surface area contributed by atoms with E-state index in [1.165, 1.54) is 27.8 Å². The smallest absolute Gasteiger partial charge is 0.192 e. The van der Waals surface area contributed by atoms with Crippen LogP contribution >= 0.6 is 0 Å². The molecule has 2 aliphatic heterocycles. The van der Waals surface area contributed by atoms with Crippen LogP contribution in [0.2, 0.25) is 39.3 Å². The molecule has 0 spiro atoms. The maximum atomic E-state index is 15.3. The summed E-state index contributed by atoms with van der Waals surface area (Å²) >= 11 is 0. The monoisotopic (exact) mass is 767 g/mol. The third kappa shape index (κ3) is 5.11. The molecule has 4 aliphatic carbocycles. The first kappa shape index (κ1) is 38.5. The molecule has 2 fully saturated rings. The average molecular weight is 768 g/mol. The predicted molar refractivity (Wildman–Crippen MR) is 224 cm³/mol. The summed E-state index contributed by atoms with van der Waals surface area (Å²) in [5.41, 5.74) is 7.68. The highest BCUT2D eigenvalue weighted by molar-refractivity contribution is 6.70. The zero-order valence-electron chi connectivity index (χ0n) is 35.6. The number of Topliss-reactive ketones (excluding diaryl/α,β-unsaturated/α-hetero) is 1. The van der Waals surface area contributed by atoms with Crippen molar-refractivity contribution in [1.29, 1.82) is 0 Å². The van der Waals surface area contributed by atoms with E-state index in [9.17, 15) is 4.79 Å². The number of benzene rings is 1. The first-order valence-electron chi connectivity index (χ1n) is 20.7.